The Labute approximate surface area is 126 Å². The molecule has 0 unspecified atom stereocenters. The molecule has 0 bridgehead atoms. The molecule has 0 radical (unpaired) electrons. The van der Waals surface area contributed by atoms with Crippen molar-refractivity contribution in [3.05, 3.63) is 29.8 Å². The van der Waals surface area contributed by atoms with Gasteiger partial charge in [-0.2, -0.15) is 13.2 Å². The fraction of sp³-hybridized carbons (Fsp3) is 0.500. The lowest BCUT2D eigenvalue weighted by Gasteiger charge is -2.22. The second kappa shape index (κ2) is 6.70. The summed E-state index contributed by atoms with van der Waals surface area (Å²) in [5.41, 5.74) is 1.48. The number of halogens is 3. The molecule has 0 saturated heterocycles. The Morgan fingerprint density at radius 3 is 2.19 bits per heavy atom. The Morgan fingerprint density at radius 1 is 1.24 bits per heavy atom. The Balaban J connectivity index is 2.61. The SMILES string of the molecule is CC(C)(C)OC(=O)[C@@H](N)Cc1ccc(SC(F)(F)F)cc1. The van der Waals surface area contributed by atoms with Crippen LogP contribution < -0.4 is 5.73 Å². The fourth-order valence-electron chi connectivity index (χ4n) is 1.54. The molecule has 0 aliphatic rings. The van der Waals surface area contributed by atoms with Gasteiger partial charge in [-0.05, 0) is 56.7 Å². The van der Waals surface area contributed by atoms with Crippen molar-refractivity contribution in [3.8, 4) is 0 Å². The van der Waals surface area contributed by atoms with E-state index in [0.29, 0.717) is 5.56 Å². The van der Waals surface area contributed by atoms with Crippen LogP contribution in [-0.2, 0) is 16.0 Å². The molecule has 1 aromatic carbocycles. The third kappa shape index (κ3) is 7.38. The highest BCUT2D eigenvalue weighted by atomic mass is 32.2. The standard InChI is InChI=1S/C14H18F3NO2S/c1-13(2,3)20-12(19)11(18)8-9-4-6-10(7-5-9)21-14(15,16)17/h4-7,11H,8,18H2,1-3H3/t11-/m0/s1. The van der Waals surface area contributed by atoms with Gasteiger partial charge in [0.15, 0.2) is 0 Å². The lowest BCUT2D eigenvalue weighted by atomic mass is 10.1. The van der Waals surface area contributed by atoms with Crippen LogP contribution in [0.3, 0.4) is 0 Å². The number of hydrogen-bond donors (Lipinski definition) is 1. The summed E-state index contributed by atoms with van der Waals surface area (Å²) in [4.78, 5) is 11.8. The second-order valence-electron chi connectivity index (χ2n) is 5.54. The summed E-state index contributed by atoms with van der Waals surface area (Å²) >= 11 is -0.180. The van der Waals surface area contributed by atoms with E-state index in [1.807, 2.05) is 0 Å². The van der Waals surface area contributed by atoms with Crippen LogP contribution in [-0.4, -0.2) is 23.1 Å². The molecular weight excluding hydrogens is 303 g/mol. The van der Waals surface area contributed by atoms with Gasteiger partial charge in [0, 0.05) is 4.90 Å². The van der Waals surface area contributed by atoms with Crippen LogP contribution >= 0.6 is 11.8 Å². The highest BCUT2D eigenvalue weighted by Crippen LogP contribution is 2.36. The molecule has 2 N–H and O–H groups in total. The van der Waals surface area contributed by atoms with Gasteiger partial charge in [-0.3, -0.25) is 4.79 Å². The summed E-state index contributed by atoms with van der Waals surface area (Å²) < 4.78 is 41.7. The molecule has 1 aromatic rings. The molecule has 0 saturated carbocycles. The number of ether oxygens (including phenoxy) is 1. The van der Waals surface area contributed by atoms with E-state index in [-0.39, 0.29) is 23.1 Å². The number of carbonyl (C=O) groups excluding carboxylic acids is 1. The van der Waals surface area contributed by atoms with Crippen molar-refractivity contribution in [1.82, 2.24) is 0 Å². The van der Waals surface area contributed by atoms with Gasteiger partial charge in [0.2, 0.25) is 0 Å². The molecule has 118 valence electrons. The maximum atomic E-state index is 12.2. The van der Waals surface area contributed by atoms with Crippen molar-refractivity contribution in [2.75, 3.05) is 0 Å². The number of esters is 1. The summed E-state index contributed by atoms with van der Waals surface area (Å²) in [6.07, 6.45) is 0.214. The first-order valence-corrected chi connectivity index (χ1v) is 7.11. The summed E-state index contributed by atoms with van der Waals surface area (Å²) in [6, 6.07) is 4.92. The number of carbonyl (C=O) groups is 1. The second-order valence-corrected chi connectivity index (χ2v) is 6.67. The minimum atomic E-state index is -4.31. The van der Waals surface area contributed by atoms with Crippen molar-refractivity contribution in [1.29, 1.82) is 0 Å². The first-order valence-electron chi connectivity index (χ1n) is 6.29. The number of alkyl halides is 3. The maximum Gasteiger partial charge on any atom is 0.446 e. The molecule has 3 nitrogen and oxygen atoms in total. The van der Waals surface area contributed by atoms with Crippen LogP contribution in [0.25, 0.3) is 0 Å². The molecule has 0 spiro atoms. The average molecular weight is 321 g/mol. The number of thioether (sulfide) groups is 1. The van der Waals surface area contributed by atoms with Gasteiger partial charge in [0.25, 0.3) is 0 Å². The normalized spacial score (nSPS) is 13.9. The van der Waals surface area contributed by atoms with Crippen LogP contribution in [0.15, 0.2) is 29.2 Å². The van der Waals surface area contributed by atoms with Crippen molar-refractivity contribution < 1.29 is 22.7 Å². The summed E-state index contributed by atoms with van der Waals surface area (Å²) in [5.74, 6) is -0.531. The predicted octanol–water partition coefficient (Wildman–Crippen LogP) is 3.51. The number of benzene rings is 1. The lowest BCUT2D eigenvalue weighted by Crippen LogP contribution is -2.38. The van der Waals surface area contributed by atoms with E-state index in [1.165, 1.54) is 24.3 Å². The van der Waals surface area contributed by atoms with E-state index in [2.05, 4.69) is 0 Å². The lowest BCUT2D eigenvalue weighted by molar-refractivity contribution is -0.156. The van der Waals surface area contributed by atoms with Crippen molar-refractivity contribution >= 4 is 17.7 Å². The summed E-state index contributed by atoms with van der Waals surface area (Å²) in [7, 11) is 0. The highest BCUT2D eigenvalue weighted by molar-refractivity contribution is 8.00. The van der Waals surface area contributed by atoms with E-state index < -0.39 is 23.1 Å². The monoisotopic (exact) mass is 321 g/mol. The molecule has 21 heavy (non-hydrogen) atoms. The zero-order valence-electron chi connectivity index (χ0n) is 12.0. The van der Waals surface area contributed by atoms with Gasteiger partial charge in [0.1, 0.15) is 11.6 Å². The van der Waals surface area contributed by atoms with E-state index in [9.17, 15) is 18.0 Å². The Hall–Kier alpha value is -1.21. The molecule has 0 fully saturated rings. The van der Waals surface area contributed by atoms with Crippen LogP contribution in [0, 0.1) is 0 Å². The molecule has 0 amide bonds. The molecule has 7 heteroatoms. The zero-order valence-corrected chi connectivity index (χ0v) is 12.8. The molecule has 0 aromatic heterocycles. The molecule has 1 rings (SSSR count). The van der Waals surface area contributed by atoms with Gasteiger partial charge in [0.05, 0.1) is 0 Å². The van der Waals surface area contributed by atoms with Crippen LogP contribution in [0.1, 0.15) is 26.3 Å². The first kappa shape index (κ1) is 17.8. The van der Waals surface area contributed by atoms with E-state index in [1.54, 1.807) is 20.8 Å². The third-order valence-corrected chi connectivity index (χ3v) is 3.06. The Morgan fingerprint density at radius 2 is 1.76 bits per heavy atom. The van der Waals surface area contributed by atoms with E-state index >= 15 is 0 Å². The summed E-state index contributed by atoms with van der Waals surface area (Å²) in [6.45, 7) is 5.21. The predicted molar refractivity (Wildman–Crippen MR) is 75.9 cm³/mol. The quantitative estimate of drug-likeness (QED) is 0.681. The minimum absolute atomic E-state index is 0.0945. The van der Waals surface area contributed by atoms with Crippen LogP contribution in [0.2, 0.25) is 0 Å². The molecule has 0 aliphatic carbocycles. The molecule has 0 heterocycles. The largest absolute Gasteiger partial charge is 0.459 e. The highest BCUT2D eigenvalue weighted by Gasteiger charge is 2.29. The van der Waals surface area contributed by atoms with Crippen molar-refractivity contribution in [2.24, 2.45) is 5.73 Å². The zero-order chi connectivity index (χ0) is 16.3. The molecular formula is C14H18F3NO2S. The minimum Gasteiger partial charge on any atom is -0.459 e. The van der Waals surface area contributed by atoms with E-state index in [4.69, 9.17) is 10.5 Å². The maximum absolute atomic E-state index is 12.2. The van der Waals surface area contributed by atoms with Crippen molar-refractivity contribution in [3.63, 3.8) is 0 Å². The average Bonchev–Trinajstić information content (AvgIpc) is 2.27. The Bertz CT molecular complexity index is 480. The van der Waals surface area contributed by atoms with Gasteiger partial charge in [-0.25, -0.2) is 0 Å². The summed E-state index contributed by atoms with van der Waals surface area (Å²) in [5, 5.41) is 0. The fourth-order valence-corrected chi connectivity index (χ4v) is 2.08. The van der Waals surface area contributed by atoms with Gasteiger partial charge >= 0.3 is 11.5 Å². The van der Waals surface area contributed by atoms with Crippen LogP contribution in [0.5, 0.6) is 0 Å². The third-order valence-electron chi connectivity index (χ3n) is 2.32. The first-order chi connectivity index (χ1) is 9.46. The number of hydrogen-bond acceptors (Lipinski definition) is 4. The molecule has 1 atom stereocenters. The molecule has 0 aliphatic heterocycles. The van der Waals surface area contributed by atoms with Gasteiger partial charge in [-0.1, -0.05) is 12.1 Å². The smallest absolute Gasteiger partial charge is 0.446 e. The van der Waals surface area contributed by atoms with Crippen molar-refractivity contribution in [2.45, 2.75) is 49.2 Å². The van der Waals surface area contributed by atoms with Gasteiger partial charge < -0.3 is 10.5 Å². The Kier molecular flexibility index (Phi) is 5.69. The number of nitrogens with two attached hydrogens (primary N) is 1. The van der Waals surface area contributed by atoms with Gasteiger partial charge in [-0.15, -0.1) is 0 Å². The van der Waals surface area contributed by atoms with Crippen LogP contribution in [0.4, 0.5) is 13.2 Å². The topological polar surface area (TPSA) is 52.3 Å². The number of rotatable bonds is 4. The van der Waals surface area contributed by atoms with E-state index in [0.717, 1.165) is 0 Å².